The molecule has 2 atom stereocenters. The third-order valence-corrected chi connectivity index (χ3v) is 6.42. The molecule has 2 N–H and O–H groups in total. The number of hydrogen-bond donors (Lipinski definition) is 1. The molecule has 0 amide bonds. The number of hydrogen-bond acceptors (Lipinski definition) is 5. The molecule has 0 saturated carbocycles. The maximum Gasteiger partial charge on any atom is 0.289 e. The molecule has 1 aliphatic rings. The summed E-state index contributed by atoms with van der Waals surface area (Å²) in [5.74, 6) is 0. The largest absolute Gasteiger partial charge is 0.326 e. The average molecular weight is 341 g/mol. The molecule has 0 aliphatic carbocycles. The van der Waals surface area contributed by atoms with Crippen molar-refractivity contribution >= 4 is 15.7 Å². The Labute approximate surface area is 136 Å². The molecule has 23 heavy (non-hydrogen) atoms. The van der Waals surface area contributed by atoms with Gasteiger partial charge in [-0.25, -0.2) is 8.42 Å². The van der Waals surface area contributed by atoms with Crippen LogP contribution in [0.2, 0.25) is 0 Å². The summed E-state index contributed by atoms with van der Waals surface area (Å²) in [5, 5.41) is 11.3. The van der Waals surface area contributed by atoms with Crippen molar-refractivity contribution in [3.05, 3.63) is 33.4 Å². The van der Waals surface area contributed by atoms with E-state index in [2.05, 4.69) is 0 Å². The van der Waals surface area contributed by atoms with Crippen molar-refractivity contribution in [1.82, 2.24) is 4.31 Å². The van der Waals surface area contributed by atoms with Crippen molar-refractivity contribution in [2.45, 2.75) is 57.0 Å². The topological polar surface area (TPSA) is 107 Å². The van der Waals surface area contributed by atoms with Gasteiger partial charge < -0.3 is 5.73 Å². The Bertz CT molecular complexity index is 716. The minimum absolute atomic E-state index is 0.238. The van der Waals surface area contributed by atoms with Crippen molar-refractivity contribution in [2.75, 3.05) is 6.54 Å². The Morgan fingerprint density at radius 3 is 2.48 bits per heavy atom. The van der Waals surface area contributed by atoms with Crippen LogP contribution in [0.5, 0.6) is 0 Å². The van der Waals surface area contributed by atoms with Crippen LogP contribution in [-0.2, 0) is 10.0 Å². The zero-order valence-corrected chi connectivity index (χ0v) is 14.5. The first-order chi connectivity index (χ1) is 10.7. The first-order valence-corrected chi connectivity index (χ1v) is 9.13. The molecule has 1 fully saturated rings. The van der Waals surface area contributed by atoms with E-state index in [-0.39, 0.29) is 22.7 Å². The third kappa shape index (κ3) is 3.39. The van der Waals surface area contributed by atoms with Gasteiger partial charge in [-0.1, -0.05) is 6.42 Å². The summed E-state index contributed by atoms with van der Waals surface area (Å²) in [6.07, 6.45) is 2.32. The predicted molar refractivity (Wildman–Crippen MR) is 87.8 cm³/mol. The van der Waals surface area contributed by atoms with E-state index in [0.717, 1.165) is 12.8 Å². The molecule has 2 rings (SSSR count). The molecular weight excluding hydrogens is 318 g/mol. The van der Waals surface area contributed by atoms with Crippen LogP contribution < -0.4 is 5.73 Å². The smallest absolute Gasteiger partial charge is 0.289 e. The molecule has 1 saturated heterocycles. The summed E-state index contributed by atoms with van der Waals surface area (Å²) in [5.41, 5.74) is 6.98. The first kappa shape index (κ1) is 17.8. The van der Waals surface area contributed by atoms with Gasteiger partial charge in [0, 0.05) is 24.7 Å². The maximum atomic E-state index is 13.1. The number of nitrogens with zero attached hydrogens (tertiary/aromatic N) is 2. The van der Waals surface area contributed by atoms with Crippen LogP contribution in [-0.4, -0.2) is 36.3 Å². The molecule has 0 spiro atoms. The Balaban J connectivity index is 2.59. The van der Waals surface area contributed by atoms with E-state index in [0.29, 0.717) is 24.1 Å². The minimum Gasteiger partial charge on any atom is -0.326 e. The number of nitro benzene ring substituents is 1. The van der Waals surface area contributed by atoms with Crippen molar-refractivity contribution < 1.29 is 13.3 Å². The highest BCUT2D eigenvalue weighted by Crippen LogP contribution is 2.33. The van der Waals surface area contributed by atoms with E-state index in [9.17, 15) is 18.5 Å². The molecule has 1 aromatic rings. The average Bonchev–Trinajstić information content (AvgIpc) is 2.49. The quantitative estimate of drug-likeness (QED) is 0.666. The summed E-state index contributed by atoms with van der Waals surface area (Å²) in [6, 6.07) is 2.08. The van der Waals surface area contributed by atoms with Crippen LogP contribution in [0, 0.1) is 24.0 Å². The van der Waals surface area contributed by atoms with Gasteiger partial charge in [-0.2, -0.15) is 4.31 Å². The minimum atomic E-state index is -3.96. The number of rotatable bonds is 4. The van der Waals surface area contributed by atoms with Gasteiger partial charge in [-0.3, -0.25) is 10.1 Å². The summed E-state index contributed by atoms with van der Waals surface area (Å²) in [4.78, 5) is 10.5. The molecule has 0 aromatic heterocycles. The number of benzene rings is 1. The predicted octanol–water partition coefficient (Wildman–Crippen LogP) is 2.10. The highest BCUT2D eigenvalue weighted by Gasteiger charge is 2.38. The Morgan fingerprint density at radius 2 is 1.91 bits per heavy atom. The number of nitrogens with two attached hydrogens (primary N) is 1. The second kappa shape index (κ2) is 6.54. The SMILES string of the molecule is Cc1cc([N+](=O)[O-])c(S(=O)(=O)N2CCCCC2C(C)N)cc1C. The molecule has 1 aliphatic heterocycles. The fourth-order valence-electron chi connectivity index (χ4n) is 3.00. The zero-order chi connectivity index (χ0) is 17.4. The molecule has 0 radical (unpaired) electrons. The van der Waals surface area contributed by atoms with Gasteiger partial charge in [-0.05, 0) is 50.8 Å². The van der Waals surface area contributed by atoms with Crippen LogP contribution in [0.15, 0.2) is 17.0 Å². The normalized spacial score (nSPS) is 21.1. The lowest BCUT2D eigenvalue weighted by atomic mass is 10.00. The van der Waals surface area contributed by atoms with E-state index < -0.39 is 14.9 Å². The number of sulfonamides is 1. The van der Waals surface area contributed by atoms with E-state index >= 15 is 0 Å². The number of aryl methyl sites for hydroxylation is 2. The molecule has 7 nitrogen and oxygen atoms in total. The standard InChI is InChI=1S/C15H23N3O4S/c1-10-8-14(18(19)20)15(9-11(10)2)23(21,22)17-7-5-4-6-13(17)12(3)16/h8-9,12-13H,4-7,16H2,1-3H3. The Morgan fingerprint density at radius 1 is 1.30 bits per heavy atom. The fourth-order valence-corrected chi connectivity index (χ4v) is 5.00. The number of nitro groups is 1. The lowest BCUT2D eigenvalue weighted by Crippen LogP contribution is -2.51. The lowest BCUT2D eigenvalue weighted by Gasteiger charge is -2.36. The van der Waals surface area contributed by atoms with Crippen molar-refractivity contribution in [3.8, 4) is 0 Å². The van der Waals surface area contributed by atoms with Crippen LogP contribution in [0.1, 0.15) is 37.3 Å². The molecule has 128 valence electrons. The fraction of sp³-hybridized carbons (Fsp3) is 0.600. The third-order valence-electron chi connectivity index (χ3n) is 4.46. The zero-order valence-electron chi connectivity index (χ0n) is 13.7. The number of piperidine rings is 1. The molecular formula is C15H23N3O4S. The van der Waals surface area contributed by atoms with Crippen molar-refractivity contribution in [2.24, 2.45) is 5.73 Å². The highest BCUT2D eigenvalue weighted by molar-refractivity contribution is 7.89. The monoisotopic (exact) mass is 341 g/mol. The molecule has 0 bridgehead atoms. The van der Waals surface area contributed by atoms with E-state index in [4.69, 9.17) is 5.73 Å². The lowest BCUT2D eigenvalue weighted by molar-refractivity contribution is -0.387. The van der Waals surface area contributed by atoms with Crippen LogP contribution in [0.4, 0.5) is 5.69 Å². The van der Waals surface area contributed by atoms with Gasteiger partial charge in [0.15, 0.2) is 4.90 Å². The first-order valence-electron chi connectivity index (χ1n) is 7.69. The summed E-state index contributed by atoms with van der Waals surface area (Å²) < 4.78 is 27.5. The van der Waals surface area contributed by atoms with Crippen molar-refractivity contribution in [1.29, 1.82) is 0 Å². The van der Waals surface area contributed by atoms with Gasteiger partial charge in [0.05, 0.1) is 4.92 Å². The second-order valence-corrected chi connectivity index (χ2v) is 8.06. The van der Waals surface area contributed by atoms with Gasteiger partial charge in [0.25, 0.3) is 5.69 Å². The summed E-state index contributed by atoms with van der Waals surface area (Å²) in [7, 11) is -3.96. The maximum absolute atomic E-state index is 13.1. The van der Waals surface area contributed by atoms with Crippen molar-refractivity contribution in [3.63, 3.8) is 0 Å². The molecule has 1 heterocycles. The molecule has 8 heteroatoms. The Kier molecular flexibility index (Phi) is 5.07. The Hall–Kier alpha value is -1.51. The van der Waals surface area contributed by atoms with E-state index in [1.165, 1.54) is 16.4 Å². The summed E-state index contributed by atoms with van der Waals surface area (Å²) >= 11 is 0. The van der Waals surface area contributed by atoms with E-state index in [1.54, 1.807) is 20.8 Å². The molecule has 2 unspecified atom stereocenters. The second-order valence-electron chi connectivity index (χ2n) is 6.20. The van der Waals surface area contributed by atoms with Gasteiger partial charge in [-0.15, -0.1) is 0 Å². The van der Waals surface area contributed by atoms with E-state index in [1.807, 2.05) is 0 Å². The van der Waals surface area contributed by atoms with Crippen LogP contribution >= 0.6 is 0 Å². The van der Waals surface area contributed by atoms with Gasteiger partial charge in [0.1, 0.15) is 0 Å². The highest BCUT2D eigenvalue weighted by atomic mass is 32.2. The molecule has 1 aromatic carbocycles. The summed E-state index contributed by atoms with van der Waals surface area (Å²) in [6.45, 7) is 5.59. The van der Waals surface area contributed by atoms with Crippen LogP contribution in [0.25, 0.3) is 0 Å². The van der Waals surface area contributed by atoms with Crippen LogP contribution in [0.3, 0.4) is 0 Å². The van der Waals surface area contributed by atoms with Gasteiger partial charge >= 0.3 is 0 Å². The van der Waals surface area contributed by atoms with Gasteiger partial charge in [0.2, 0.25) is 10.0 Å².